The van der Waals surface area contributed by atoms with Crippen LogP contribution in [-0.4, -0.2) is 13.9 Å². The molecule has 2 aromatic rings. The Kier molecular flexibility index (Phi) is 1.44. The van der Waals surface area contributed by atoms with E-state index >= 15 is 0 Å². The summed E-state index contributed by atoms with van der Waals surface area (Å²) in [4.78, 5) is 0. The van der Waals surface area contributed by atoms with E-state index in [-0.39, 0.29) is 5.75 Å². The third-order valence-electron chi connectivity index (χ3n) is 1.35. The third-order valence-corrected chi connectivity index (χ3v) is 2.20. The van der Waals surface area contributed by atoms with Crippen LogP contribution in [0.5, 0.6) is 5.75 Å². The summed E-state index contributed by atoms with van der Waals surface area (Å²) in [5.74, 6) is 0.0120. The molecule has 0 unspecified atom stereocenters. The largest absolute Gasteiger partial charge is 0.504 e. The molecule has 0 atom stereocenters. The number of hydrogen-bond acceptors (Lipinski definition) is 4. The fourth-order valence-electron chi connectivity index (χ4n) is 0.813. The van der Waals surface area contributed by atoms with Crippen molar-refractivity contribution in [3.63, 3.8) is 0 Å². The Bertz CT molecular complexity index is 400. The molecule has 0 radical (unpaired) electrons. The Balaban J connectivity index is 2.93. The van der Waals surface area contributed by atoms with Gasteiger partial charge in [0.05, 0.1) is 16.8 Å². The summed E-state index contributed by atoms with van der Waals surface area (Å²) in [5, 5.41) is 9.63. The molecular weight excluding hydrogens is 184 g/mol. The summed E-state index contributed by atoms with van der Waals surface area (Å²) in [6.45, 7) is 0. The van der Waals surface area contributed by atoms with E-state index in [0.29, 0.717) is 16.1 Å². The van der Waals surface area contributed by atoms with Crippen LogP contribution in [0.4, 0.5) is 0 Å². The molecule has 0 amide bonds. The maximum absolute atomic E-state index is 9.32. The first kappa shape index (κ1) is 6.82. The van der Waals surface area contributed by atoms with E-state index in [1.807, 2.05) is 0 Å². The van der Waals surface area contributed by atoms with E-state index in [0.717, 1.165) is 11.7 Å². The van der Waals surface area contributed by atoms with Crippen LogP contribution in [-0.2, 0) is 0 Å². The van der Waals surface area contributed by atoms with E-state index in [1.54, 1.807) is 12.1 Å². The maximum Gasteiger partial charge on any atom is 0.163 e. The standard InChI is InChI=1S/C6H3ClN2OS/c7-3-1-2-4-5(6(3)10)9-11-8-4/h1-2,10H. The van der Waals surface area contributed by atoms with Crippen LogP contribution in [0.3, 0.4) is 0 Å². The smallest absolute Gasteiger partial charge is 0.163 e. The van der Waals surface area contributed by atoms with Gasteiger partial charge in [-0.05, 0) is 12.1 Å². The molecule has 1 aromatic carbocycles. The molecule has 0 bridgehead atoms. The zero-order chi connectivity index (χ0) is 7.84. The van der Waals surface area contributed by atoms with Gasteiger partial charge in [-0.2, -0.15) is 8.75 Å². The van der Waals surface area contributed by atoms with Crippen molar-refractivity contribution in [3.05, 3.63) is 17.2 Å². The summed E-state index contributed by atoms with van der Waals surface area (Å²) in [6.07, 6.45) is 0. The number of benzene rings is 1. The Morgan fingerprint density at radius 3 is 3.00 bits per heavy atom. The van der Waals surface area contributed by atoms with Gasteiger partial charge < -0.3 is 5.11 Å². The average Bonchev–Trinajstić information content (AvgIpc) is 2.45. The highest BCUT2D eigenvalue weighted by Gasteiger charge is 2.06. The first-order chi connectivity index (χ1) is 5.29. The van der Waals surface area contributed by atoms with Gasteiger partial charge in [0.2, 0.25) is 0 Å². The number of aromatic nitrogens is 2. The molecule has 0 spiro atoms. The van der Waals surface area contributed by atoms with Gasteiger partial charge in [-0.25, -0.2) is 0 Å². The Labute approximate surface area is 71.6 Å². The molecule has 11 heavy (non-hydrogen) atoms. The van der Waals surface area contributed by atoms with Crippen LogP contribution in [0.1, 0.15) is 0 Å². The number of fused-ring (bicyclic) bond motifs is 1. The predicted molar refractivity (Wildman–Crippen MR) is 44.1 cm³/mol. The molecule has 0 fully saturated rings. The van der Waals surface area contributed by atoms with Crippen LogP contribution < -0.4 is 0 Å². The quantitative estimate of drug-likeness (QED) is 0.685. The van der Waals surface area contributed by atoms with Crippen LogP contribution in [0.15, 0.2) is 12.1 Å². The first-order valence-corrected chi connectivity index (χ1v) is 3.99. The molecule has 56 valence electrons. The highest BCUT2D eigenvalue weighted by Crippen LogP contribution is 2.30. The lowest BCUT2D eigenvalue weighted by atomic mass is 10.3. The van der Waals surface area contributed by atoms with Crippen molar-refractivity contribution in [1.82, 2.24) is 8.75 Å². The average molecular weight is 187 g/mol. The van der Waals surface area contributed by atoms with E-state index in [1.165, 1.54) is 0 Å². The van der Waals surface area contributed by atoms with Gasteiger partial charge in [-0.3, -0.25) is 0 Å². The molecule has 3 nitrogen and oxygen atoms in total. The number of halogens is 1. The Morgan fingerprint density at radius 2 is 2.18 bits per heavy atom. The second-order valence-corrected chi connectivity index (χ2v) is 2.96. The van der Waals surface area contributed by atoms with E-state index in [9.17, 15) is 5.11 Å². The lowest BCUT2D eigenvalue weighted by molar-refractivity contribution is 0.481. The fraction of sp³-hybridized carbons (Fsp3) is 0. The van der Waals surface area contributed by atoms with Gasteiger partial charge in [0, 0.05) is 0 Å². The lowest BCUT2D eigenvalue weighted by Gasteiger charge is -1.93. The summed E-state index contributed by atoms with van der Waals surface area (Å²) < 4.78 is 7.81. The molecule has 0 aliphatic carbocycles. The highest BCUT2D eigenvalue weighted by atomic mass is 35.5. The number of rotatable bonds is 0. The monoisotopic (exact) mass is 186 g/mol. The molecule has 1 heterocycles. The van der Waals surface area contributed by atoms with Crippen molar-refractivity contribution in [2.75, 3.05) is 0 Å². The van der Waals surface area contributed by atoms with Crippen LogP contribution >= 0.6 is 23.3 Å². The normalized spacial score (nSPS) is 10.6. The van der Waals surface area contributed by atoms with Gasteiger partial charge in [-0.15, -0.1) is 0 Å². The van der Waals surface area contributed by atoms with Gasteiger partial charge >= 0.3 is 0 Å². The van der Waals surface area contributed by atoms with E-state index in [2.05, 4.69) is 8.75 Å². The maximum atomic E-state index is 9.32. The molecule has 0 aliphatic heterocycles. The van der Waals surface area contributed by atoms with Gasteiger partial charge in [0.15, 0.2) is 5.75 Å². The van der Waals surface area contributed by atoms with Crippen LogP contribution in [0.2, 0.25) is 5.02 Å². The van der Waals surface area contributed by atoms with Crippen molar-refractivity contribution in [1.29, 1.82) is 0 Å². The fourth-order valence-corrected chi connectivity index (χ4v) is 1.50. The van der Waals surface area contributed by atoms with Gasteiger partial charge in [-0.1, -0.05) is 11.6 Å². The Morgan fingerprint density at radius 1 is 1.36 bits per heavy atom. The van der Waals surface area contributed by atoms with E-state index < -0.39 is 0 Å². The number of phenols is 1. The SMILES string of the molecule is Oc1c(Cl)ccc2nsnc12. The van der Waals surface area contributed by atoms with Crippen molar-refractivity contribution < 1.29 is 5.11 Å². The Hall–Kier alpha value is -0.870. The molecule has 2 rings (SSSR count). The minimum absolute atomic E-state index is 0.0120. The number of hydrogen-bond donors (Lipinski definition) is 1. The predicted octanol–water partition coefficient (Wildman–Crippen LogP) is 2.05. The highest BCUT2D eigenvalue weighted by molar-refractivity contribution is 7.00. The lowest BCUT2D eigenvalue weighted by Crippen LogP contribution is -1.72. The molecule has 1 aromatic heterocycles. The van der Waals surface area contributed by atoms with Crippen molar-refractivity contribution in [2.45, 2.75) is 0 Å². The summed E-state index contributed by atoms with van der Waals surface area (Å²) in [5.41, 5.74) is 1.15. The van der Waals surface area contributed by atoms with Gasteiger partial charge in [0.25, 0.3) is 0 Å². The number of aromatic hydroxyl groups is 1. The summed E-state index contributed by atoms with van der Waals surface area (Å²) in [7, 11) is 0. The van der Waals surface area contributed by atoms with Crippen LogP contribution in [0.25, 0.3) is 11.0 Å². The molecule has 0 saturated heterocycles. The molecular formula is C6H3ClN2OS. The van der Waals surface area contributed by atoms with E-state index in [4.69, 9.17) is 11.6 Å². The molecule has 0 saturated carbocycles. The zero-order valence-corrected chi connectivity index (χ0v) is 6.85. The minimum atomic E-state index is 0.0120. The van der Waals surface area contributed by atoms with Crippen molar-refractivity contribution in [3.8, 4) is 5.75 Å². The number of phenolic OH excluding ortho intramolecular Hbond substituents is 1. The number of nitrogens with zero attached hydrogens (tertiary/aromatic N) is 2. The van der Waals surface area contributed by atoms with Crippen molar-refractivity contribution in [2.24, 2.45) is 0 Å². The first-order valence-electron chi connectivity index (χ1n) is 2.89. The third kappa shape index (κ3) is 0.948. The minimum Gasteiger partial charge on any atom is -0.504 e. The molecule has 5 heteroatoms. The van der Waals surface area contributed by atoms with Gasteiger partial charge in [0.1, 0.15) is 11.0 Å². The zero-order valence-electron chi connectivity index (χ0n) is 5.28. The van der Waals surface area contributed by atoms with Crippen molar-refractivity contribution >= 4 is 34.4 Å². The molecule has 1 N–H and O–H groups in total. The second kappa shape index (κ2) is 2.32. The molecule has 0 aliphatic rings. The topological polar surface area (TPSA) is 46.0 Å². The van der Waals surface area contributed by atoms with Crippen LogP contribution in [0, 0.1) is 0 Å². The second-order valence-electron chi connectivity index (χ2n) is 2.03. The summed E-state index contributed by atoms with van der Waals surface area (Å²) in [6, 6.07) is 3.32. The summed E-state index contributed by atoms with van der Waals surface area (Å²) >= 11 is 6.69.